The van der Waals surface area contributed by atoms with E-state index >= 15 is 0 Å². The number of aromatic nitrogens is 4. The van der Waals surface area contributed by atoms with Crippen LogP contribution < -0.4 is 11.1 Å². The van der Waals surface area contributed by atoms with Crippen molar-refractivity contribution >= 4 is 5.91 Å². The van der Waals surface area contributed by atoms with Crippen molar-refractivity contribution < 1.29 is 4.79 Å². The Bertz CT molecular complexity index is 527. The minimum Gasteiger partial charge on any atom is -0.346 e. The van der Waals surface area contributed by atoms with Gasteiger partial charge in [0, 0.05) is 6.54 Å². The molecule has 7 heteroatoms. The van der Waals surface area contributed by atoms with Crippen molar-refractivity contribution in [2.45, 2.75) is 19.4 Å². The first-order valence-electron chi connectivity index (χ1n) is 6.48. The van der Waals surface area contributed by atoms with Gasteiger partial charge in [-0.3, -0.25) is 4.79 Å². The van der Waals surface area contributed by atoms with Gasteiger partial charge in [0.25, 0.3) is 0 Å². The Kier molecular flexibility index (Phi) is 4.78. The summed E-state index contributed by atoms with van der Waals surface area (Å²) < 4.78 is 0. The molecule has 0 aliphatic rings. The quantitative estimate of drug-likeness (QED) is 0.697. The van der Waals surface area contributed by atoms with Crippen LogP contribution in [0.25, 0.3) is 0 Å². The molecule has 2 rings (SSSR count). The summed E-state index contributed by atoms with van der Waals surface area (Å²) in [6.45, 7) is 2.10. The summed E-state index contributed by atoms with van der Waals surface area (Å²) in [5, 5.41) is 16.4. The van der Waals surface area contributed by atoms with E-state index in [4.69, 9.17) is 5.73 Å². The predicted octanol–water partition coefficient (Wildman–Crippen LogP) is 0.194. The van der Waals surface area contributed by atoms with E-state index in [1.54, 1.807) is 6.92 Å². The first kappa shape index (κ1) is 14.1. The van der Waals surface area contributed by atoms with Crippen LogP contribution in [-0.2, 0) is 11.2 Å². The van der Waals surface area contributed by atoms with Crippen molar-refractivity contribution in [3.63, 3.8) is 0 Å². The average molecular weight is 274 g/mol. The van der Waals surface area contributed by atoms with Crippen molar-refractivity contribution in [2.24, 2.45) is 11.7 Å². The zero-order chi connectivity index (χ0) is 14.4. The van der Waals surface area contributed by atoms with Crippen molar-refractivity contribution in [3.05, 3.63) is 41.7 Å². The molecule has 0 radical (unpaired) electrons. The molecule has 0 saturated heterocycles. The van der Waals surface area contributed by atoms with Gasteiger partial charge in [-0.1, -0.05) is 35.5 Å². The number of amides is 1. The van der Waals surface area contributed by atoms with Gasteiger partial charge in [-0.05, 0) is 18.9 Å². The molecule has 0 fully saturated rings. The van der Waals surface area contributed by atoms with Gasteiger partial charge in [0.15, 0.2) is 5.82 Å². The summed E-state index contributed by atoms with van der Waals surface area (Å²) in [5.74, 6) is 0.0780. The number of hydrogen-bond acceptors (Lipinski definition) is 5. The van der Waals surface area contributed by atoms with Crippen molar-refractivity contribution in [1.29, 1.82) is 0 Å². The topological polar surface area (TPSA) is 110 Å². The lowest BCUT2D eigenvalue weighted by atomic mass is 9.98. The van der Waals surface area contributed by atoms with Crippen LogP contribution in [0.2, 0.25) is 0 Å². The van der Waals surface area contributed by atoms with Crippen LogP contribution in [0.15, 0.2) is 30.3 Å². The molecule has 0 aliphatic heterocycles. The third kappa shape index (κ3) is 3.61. The standard InChI is InChI=1S/C13H18N6O/c1-9(12-16-18-19-17-12)15-13(20)11(8-14)7-10-5-3-2-4-6-10/h2-6,9,11H,7-8,14H2,1H3,(H,15,20)(H,16,17,18,19). The van der Waals surface area contributed by atoms with E-state index < -0.39 is 0 Å². The molecular weight excluding hydrogens is 256 g/mol. The van der Waals surface area contributed by atoms with E-state index in [9.17, 15) is 4.79 Å². The number of nitrogens with one attached hydrogen (secondary N) is 2. The summed E-state index contributed by atoms with van der Waals surface area (Å²) in [6, 6.07) is 9.51. The van der Waals surface area contributed by atoms with Gasteiger partial charge >= 0.3 is 0 Å². The molecule has 0 aliphatic carbocycles. The van der Waals surface area contributed by atoms with E-state index in [-0.39, 0.29) is 17.9 Å². The van der Waals surface area contributed by atoms with Gasteiger partial charge in [0.2, 0.25) is 5.91 Å². The molecule has 0 bridgehead atoms. The molecule has 20 heavy (non-hydrogen) atoms. The summed E-state index contributed by atoms with van der Waals surface area (Å²) in [6.07, 6.45) is 0.613. The minimum absolute atomic E-state index is 0.103. The van der Waals surface area contributed by atoms with Gasteiger partial charge in [0.05, 0.1) is 12.0 Å². The number of carbonyl (C=O) groups is 1. The number of nitrogens with zero attached hydrogens (tertiary/aromatic N) is 3. The third-order valence-corrected chi connectivity index (χ3v) is 3.09. The summed E-state index contributed by atoms with van der Waals surface area (Å²) in [7, 11) is 0. The molecule has 0 saturated carbocycles. The van der Waals surface area contributed by atoms with Crippen LogP contribution in [0.1, 0.15) is 24.4 Å². The molecule has 1 aromatic carbocycles. The van der Waals surface area contributed by atoms with Crippen LogP contribution in [0.5, 0.6) is 0 Å². The Hall–Kier alpha value is -2.28. The molecule has 106 valence electrons. The molecule has 4 N–H and O–H groups in total. The fraction of sp³-hybridized carbons (Fsp3) is 0.385. The van der Waals surface area contributed by atoms with E-state index in [1.807, 2.05) is 30.3 Å². The fourth-order valence-corrected chi connectivity index (χ4v) is 1.93. The SMILES string of the molecule is CC(NC(=O)C(CN)Cc1ccccc1)c1nn[nH]n1. The van der Waals surface area contributed by atoms with E-state index in [2.05, 4.69) is 25.9 Å². The van der Waals surface area contributed by atoms with Crippen LogP contribution in [0.3, 0.4) is 0 Å². The molecule has 1 heterocycles. The molecule has 0 spiro atoms. The number of carbonyl (C=O) groups excluding carboxylic acids is 1. The number of H-pyrrole nitrogens is 1. The Morgan fingerprint density at radius 2 is 2.15 bits per heavy atom. The Morgan fingerprint density at radius 1 is 1.40 bits per heavy atom. The smallest absolute Gasteiger partial charge is 0.225 e. The normalized spacial score (nSPS) is 13.7. The lowest BCUT2D eigenvalue weighted by Crippen LogP contribution is -2.38. The number of benzene rings is 1. The second kappa shape index (κ2) is 6.76. The number of rotatable bonds is 6. The maximum absolute atomic E-state index is 12.2. The lowest BCUT2D eigenvalue weighted by molar-refractivity contribution is -0.125. The summed E-state index contributed by atoms with van der Waals surface area (Å²) in [5.41, 5.74) is 6.79. The van der Waals surface area contributed by atoms with Gasteiger partial charge in [0.1, 0.15) is 0 Å². The highest BCUT2D eigenvalue weighted by Crippen LogP contribution is 2.10. The minimum atomic E-state index is -0.300. The Morgan fingerprint density at radius 3 is 2.75 bits per heavy atom. The number of aromatic amines is 1. The molecule has 1 amide bonds. The number of hydrogen-bond donors (Lipinski definition) is 3. The second-order valence-corrected chi connectivity index (χ2v) is 4.62. The fourth-order valence-electron chi connectivity index (χ4n) is 1.93. The maximum Gasteiger partial charge on any atom is 0.225 e. The molecular formula is C13H18N6O. The van der Waals surface area contributed by atoms with E-state index in [1.165, 1.54) is 0 Å². The van der Waals surface area contributed by atoms with Crippen LogP contribution in [0.4, 0.5) is 0 Å². The van der Waals surface area contributed by atoms with Crippen LogP contribution in [-0.4, -0.2) is 33.1 Å². The zero-order valence-corrected chi connectivity index (χ0v) is 11.3. The summed E-state index contributed by atoms with van der Waals surface area (Å²) >= 11 is 0. The maximum atomic E-state index is 12.2. The second-order valence-electron chi connectivity index (χ2n) is 4.62. The van der Waals surface area contributed by atoms with Gasteiger partial charge in [-0.15, -0.1) is 10.2 Å². The molecule has 2 unspecified atom stereocenters. The first-order chi connectivity index (χ1) is 9.70. The van der Waals surface area contributed by atoms with Gasteiger partial charge < -0.3 is 11.1 Å². The largest absolute Gasteiger partial charge is 0.346 e. The average Bonchev–Trinajstić information content (AvgIpc) is 3.00. The van der Waals surface area contributed by atoms with E-state index in [0.717, 1.165) is 5.56 Å². The van der Waals surface area contributed by atoms with Crippen LogP contribution in [0, 0.1) is 5.92 Å². The monoisotopic (exact) mass is 274 g/mol. The van der Waals surface area contributed by atoms with Crippen molar-refractivity contribution in [1.82, 2.24) is 25.9 Å². The Balaban J connectivity index is 1.95. The number of nitrogens with two attached hydrogens (primary N) is 1. The highest BCUT2D eigenvalue weighted by Gasteiger charge is 2.21. The highest BCUT2D eigenvalue weighted by molar-refractivity contribution is 5.79. The van der Waals surface area contributed by atoms with Gasteiger partial charge in [-0.2, -0.15) is 5.21 Å². The summed E-state index contributed by atoms with van der Waals surface area (Å²) in [4.78, 5) is 12.2. The van der Waals surface area contributed by atoms with Crippen molar-refractivity contribution in [3.8, 4) is 0 Å². The molecule has 7 nitrogen and oxygen atoms in total. The van der Waals surface area contributed by atoms with Gasteiger partial charge in [-0.25, -0.2) is 0 Å². The zero-order valence-electron chi connectivity index (χ0n) is 11.3. The number of tetrazole rings is 1. The molecule has 1 aromatic heterocycles. The predicted molar refractivity (Wildman–Crippen MR) is 73.4 cm³/mol. The highest BCUT2D eigenvalue weighted by atomic mass is 16.2. The molecule has 2 atom stereocenters. The lowest BCUT2D eigenvalue weighted by Gasteiger charge is -2.17. The third-order valence-electron chi connectivity index (χ3n) is 3.09. The molecule has 2 aromatic rings. The van der Waals surface area contributed by atoms with E-state index in [0.29, 0.717) is 18.8 Å². The van der Waals surface area contributed by atoms with Crippen molar-refractivity contribution in [2.75, 3.05) is 6.54 Å². The van der Waals surface area contributed by atoms with Crippen LogP contribution >= 0.6 is 0 Å². The Labute approximate surface area is 117 Å². The first-order valence-corrected chi connectivity index (χ1v) is 6.48.